The van der Waals surface area contributed by atoms with Crippen LogP contribution in [0.3, 0.4) is 0 Å². The van der Waals surface area contributed by atoms with E-state index in [-0.39, 0.29) is 11.9 Å². The molecule has 0 bridgehead atoms. The van der Waals surface area contributed by atoms with Gasteiger partial charge in [-0.05, 0) is 31.5 Å². The summed E-state index contributed by atoms with van der Waals surface area (Å²) in [6, 6.07) is 7.74. The molecule has 0 radical (unpaired) electrons. The molecule has 0 aromatic heterocycles. The normalized spacial score (nSPS) is 15.5. The first-order valence-electron chi connectivity index (χ1n) is 7.70. The average molecular weight is 304 g/mol. The molecule has 1 aromatic carbocycles. The van der Waals surface area contributed by atoms with Crippen LogP contribution >= 0.6 is 0 Å². The number of nitrogens with zero attached hydrogens (tertiary/aromatic N) is 2. The van der Waals surface area contributed by atoms with Crippen molar-refractivity contribution in [3.63, 3.8) is 0 Å². The van der Waals surface area contributed by atoms with Crippen molar-refractivity contribution in [2.24, 2.45) is 0 Å². The molecule has 1 aromatic rings. The molecule has 22 heavy (non-hydrogen) atoms. The highest BCUT2D eigenvalue weighted by molar-refractivity contribution is 5.92. The maximum absolute atomic E-state index is 12.1. The topological polar surface area (TPSA) is 64.7 Å². The van der Waals surface area contributed by atoms with Gasteiger partial charge in [-0.2, -0.15) is 0 Å². The van der Waals surface area contributed by atoms with Gasteiger partial charge in [-0.3, -0.25) is 9.69 Å². The lowest BCUT2D eigenvalue weighted by Gasteiger charge is -2.34. The predicted octanol–water partition coefficient (Wildman–Crippen LogP) is 1.28. The highest BCUT2D eigenvalue weighted by Crippen LogP contribution is 2.10. The first-order valence-corrected chi connectivity index (χ1v) is 7.70. The van der Waals surface area contributed by atoms with Gasteiger partial charge >= 0.3 is 6.03 Å². The number of urea groups is 1. The molecule has 6 heteroatoms. The molecular weight excluding hydrogens is 280 g/mol. The van der Waals surface area contributed by atoms with Crippen LogP contribution in [0.1, 0.15) is 12.5 Å². The summed E-state index contributed by atoms with van der Waals surface area (Å²) in [4.78, 5) is 27.6. The van der Waals surface area contributed by atoms with Crippen LogP contribution in [0.5, 0.6) is 0 Å². The molecule has 6 nitrogen and oxygen atoms in total. The molecule has 1 aliphatic heterocycles. The summed E-state index contributed by atoms with van der Waals surface area (Å²) in [6.07, 6.45) is 0. The highest BCUT2D eigenvalue weighted by Gasteiger charge is 2.21. The molecule has 1 heterocycles. The molecule has 2 N–H and O–H groups in total. The third kappa shape index (κ3) is 4.73. The molecule has 3 amide bonds. The summed E-state index contributed by atoms with van der Waals surface area (Å²) >= 11 is 0. The van der Waals surface area contributed by atoms with Crippen molar-refractivity contribution in [2.45, 2.75) is 13.8 Å². The Kier molecular flexibility index (Phi) is 5.77. The molecule has 1 aliphatic rings. The van der Waals surface area contributed by atoms with Gasteiger partial charge < -0.3 is 15.5 Å². The van der Waals surface area contributed by atoms with E-state index >= 15 is 0 Å². The first-order chi connectivity index (χ1) is 10.6. The number of hydrogen-bond donors (Lipinski definition) is 2. The van der Waals surface area contributed by atoms with Crippen molar-refractivity contribution in [3.8, 4) is 0 Å². The number of aryl methyl sites for hydroxylation is 1. The third-order valence-corrected chi connectivity index (χ3v) is 3.66. The minimum atomic E-state index is -0.0219. The number of hydrogen-bond acceptors (Lipinski definition) is 3. The molecule has 1 fully saturated rings. The van der Waals surface area contributed by atoms with Gasteiger partial charge in [0.2, 0.25) is 5.91 Å². The second kappa shape index (κ2) is 7.79. The smallest absolute Gasteiger partial charge is 0.317 e. The summed E-state index contributed by atoms with van der Waals surface area (Å²) in [5.74, 6) is -0.0166. The third-order valence-electron chi connectivity index (χ3n) is 3.66. The van der Waals surface area contributed by atoms with E-state index in [2.05, 4.69) is 15.5 Å². The van der Waals surface area contributed by atoms with E-state index < -0.39 is 0 Å². The molecule has 0 aliphatic carbocycles. The lowest BCUT2D eigenvalue weighted by atomic mass is 10.2. The summed E-state index contributed by atoms with van der Waals surface area (Å²) in [5, 5.41) is 5.71. The van der Waals surface area contributed by atoms with E-state index in [1.54, 1.807) is 4.90 Å². The monoisotopic (exact) mass is 304 g/mol. The number of carbonyl (C=O) groups is 2. The standard InChI is InChI=1S/C16H24N4O2/c1-3-17-16(22)20-9-7-19(8-10-20)12-15(21)18-14-6-4-5-13(2)11-14/h4-6,11H,3,7-10,12H2,1-2H3,(H,17,22)(H,18,21). The van der Waals surface area contributed by atoms with Crippen LogP contribution in [0.4, 0.5) is 10.5 Å². The molecule has 0 unspecified atom stereocenters. The van der Waals surface area contributed by atoms with Gasteiger partial charge in [0.1, 0.15) is 0 Å². The van der Waals surface area contributed by atoms with E-state index in [1.807, 2.05) is 38.1 Å². The fraction of sp³-hybridized carbons (Fsp3) is 0.500. The van der Waals surface area contributed by atoms with E-state index in [0.29, 0.717) is 26.2 Å². The van der Waals surface area contributed by atoms with Crippen LogP contribution in [0.15, 0.2) is 24.3 Å². The maximum atomic E-state index is 12.1. The maximum Gasteiger partial charge on any atom is 0.317 e. The molecule has 0 atom stereocenters. The summed E-state index contributed by atoms with van der Waals surface area (Å²) in [7, 11) is 0. The van der Waals surface area contributed by atoms with Crippen LogP contribution in [0.2, 0.25) is 0 Å². The van der Waals surface area contributed by atoms with Crippen molar-refractivity contribution in [1.82, 2.24) is 15.1 Å². The van der Waals surface area contributed by atoms with E-state index in [9.17, 15) is 9.59 Å². The largest absolute Gasteiger partial charge is 0.338 e. The SMILES string of the molecule is CCNC(=O)N1CCN(CC(=O)Nc2cccc(C)c2)CC1. The van der Waals surface area contributed by atoms with Crippen LogP contribution in [-0.2, 0) is 4.79 Å². The van der Waals surface area contributed by atoms with Gasteiger partial charge in [0, 0.05) is 38.4 Å². The van der Waals surface area contributed by atoms with Crippen molar-refractivity contribution in [2.75, 3.05) is 44.6 Å². The van der Waals surface area contributed by atoms with Crippen molar-refractivity contribution in [1.29, 1.82) is 0 Å². The fourth-order valence-corrected chi connectivity index (χ4v) is 2.50. The Morgan fingerprint density at radius 1 is 1.18 bits per heavy atom. The van der Waals surface area contributed by atoms with Crippen molar-refractivity contribution >= 4 is 17.6 Å². The van der Waals surface area contributed by atoms with Crippen molar-refractivity contribution < 1.29 is 9.59 Å². The van der Waals surface area contributed by atoms with Crippen molar-refractivity contribution in [3.05, 3.63) is 29.8 Å². The average Bonchev–Trinajstić information content (AvgIpc) is 2.48. The Labute approximate surface area is 131 Å². The molecular formula is C16H24N4O2. The van der Waals surface area contributed by atoms with Gasteiger partial charge in [-0.1, -0.05) is 12.1 Å². The lowest BCUT2D eigenvalue weighted by molar-refractivity contribution is -0.117. The Morgan fingerprint density at radius 2 is 1.91 bits per heavy atom. The quantitative estimate of drug-likeness (QED) is 0.881. The number of piperazine rings is 1. The second-order valence-electron chi connectivity index (χ2n) is 5.52. The van der Waals surface area contributed by atoms with Crippen LogP contribution in [0.25, 0.3) is 0 Å². The predicted molar refractivity (Wildman–Crippen MR) is 86.9 cm³/mol. The van der Waals surface area contributed by atoms with Crippen LogP contribution < -0.4 is 10.6 Å². The number of rotatable bonds is 4. The molecule has 0 spiro atoms. The van der Waals surface area contributed by atoms with E-state index in [4.69, 9.17) is 0 Å². The Morgan fingerprint density at radius 3 is 2.55 bits per heavy atom. The second-order valence-corrected chi connectivity index (χ2v) is 5.52. The minimum absolute atomic E-state index is 0.0166. The lowest BCUT2D eigenvalue weighted by Crippen LogP contribution is -2.52. The van der Waals surface area contributed by atoms with Gasteiger partial charge in [0.05, 0.1) is 6.54 Å². The Balaban J connectivity index is 1.76. The summed E-state index contributed by atoms with van der Waals surface area (Å²) in [6.45, 7) is 7.65. The Hall–Kier alpha value is -2.08. The molecule has 1 saturated heterocycles. The van der Waals surface area contributed by atoms with Gasteiger partial charge in [-0.15, -0.1) is 0 Å². The van der Waals surface area contributed by atoms with Crippen LogP contribution in [0, 0.1) is 6.92 Å². The zero-order valence-corrected chi connectivity index (χ0v) is 13.3. The Bertz CT molecular complexity index is 525. The number of amides is 3. The fourth-order valence-electron chi connectivity index (χ4n) is 2.50. The van der Waals surface area contributed by atoms with E-state index in [1.165, 1.54) is 0 Å². The number of benzene rings is 1. The van der Waals surface area contributed by atoms with Gasteiger partial charge in [-0.25, -0.2) is 4.79 Å². The van der Waals surface area contributed by atoms with Gasteiger partial charge in [0.15, 0.2) is 0 Å². The highest BCUT2D eigenvalue weighted by atomic mass is 16.2. The number of carbonyl (C=O) groups excluding carboxylic acids is 2. The zero-order valence-electron chi connectivity index (χ0n) is 13.3. The number of nitrogens with one attached hydrogen (secondary N) is 2. The van der Waals surface area contributed by atoms with E-state index in [0.717, 1.165) is 24.3 Å². The zero-order chi connectivity index (χ0) is 15.9. The van der Waals surface area contributed by atoms with Crippen LogP contribution in [-0.4, -0.2) is 61.0 Å². The molecule has 0 saturated carbocycles. The molecule has 2 rings (SSSR count). The summed E-state index contributed by atoms with van der Waals surface area (Å²) in [5.41, 5.74) is 1.94. The number of anilines is 1. The van der Waals surface area contributed by atoms with Gasteiger partial charge in [0.25, 0.3) is 0 Å². The molecule has 120 valence electrons. The summed E-state index contributed by atoms with van der Waals surface area (Å²) < 4.78 is 0. The minimum Gasteiger partial charge on any atom is -0.338 e. The first kappa shape index (κ1) is 16.3.